The first-order valence-corrected chi connectivity index (χ1v) is 18.2. The number of para-hydroxylation sites is 1. The maximum atomic E-state index is 6.48. The van der Waals surface area contributed by atoms with Gasteiger partial charge in [0.1, 0.15) is 22.3 Å². The van der Waals surface area contributed by atoms with Gasteiger partial charge in [0.2, 0.25) is 0 Å². The van der Waals surface area contributed by atoms with Crippen molar-refractivity contribution in [1.29, 1.82) is 0 Å². The molecule has 0 unspecified atom stereocenters. The van der Waals surface area contributed by atoms with E-state index in [-0.39, 0.29) is 5.41 Å². The van der Waals surface area contributed by atoms with Crippen molar-refractivity contribution in [3.63, 3.8) is 0 Å². The highest BCUT2D eigenvalue weighted by Gasteiger charge is 2.37. The summed E-state index contributed by atoms with van der Waals surface area (Å²) >= 11 is 0. The maximum absolute atomic E-state index is 6.48. The van der Waals surface area contributed by atoms with Gasteiger partial charge in [-0.3, -0.25) is 0 Å². The summed E-state index contributed by atoms with van der Waals surface area (Å²) in [5.41, 5.74) is 13.2. The molecule has 0 spiro atoms. The van der Waals surface area contributed by atoms with Gasteiger partial charge in [0.25, 0.3) is 0 Å². The Morgan fingerprint density at radius 1 is 0.611 bits per heavy atom. The van der Waals surface area contributed by atoms with Crippen LogP contribution in [-0.4, -0.2) is 15.0 Å². The second-order valence-corrected chi connectivity index (χ2v) is 14.5. The molecule has 5 nitrogen and oxygen atoms in total. The van der Waals surface area contributed by atoms with Crippen molar-refractivity contribution in [2.75, 3.05) is 0 Å². The van der Waals surface area contributed by atoms with Crippen molar-refractivity contribution < 1.29 is 8.83 Å². The van der Waals surface area contributed by atoms with Crippen LogP contribution in [0.3, 0.4) is 0 Å². The van der Waals surface area contributed by atoms with E-state index in [2.05, 4.69) is 100 Å². The fraction of sp³-hybridized carbons (Fsp3) is 0.0816. The normalized spacial score (nSPS) is 13.9. The van der Waals surface area contributed by atoms with Crippen molar-refractivity contribution in [2.24, 2.45) is 0 Å². The predicted molar refractivity (Wildman–Crippen MR) is 221 cm³/mol. The van der Waals surface area contributed by atoms with Gasteiger partial charge >= 0.3 is 0 Å². The Bertz CT molecular complexity index is 3050. The molecule has 0 aliphatic heterocycles. The van der Waals surface area contributed by atoms with E-state index in [9.17, 15) is 0 Å². The SMILES string of the molecule is C=C/C=C(\C=C(/C)c1ccc2oc3ccc4c(c3c2c1)C(C)(C)c1ccccc1-4)c1nc(-c2ccccc2)nc(-c2cccc3oc4ccccc4c23)n1. The predicted octanol–water partition coefficient (Wildman–Crippen LogP) is 13.0. The summed E-state index contributed by atoms with van der Waals surface area (Å²) < 4.78 is 12.7. The van der Waals surface area contributed by atoms with Gasteiger partial charge < -0.3 is 8.83 Å². The lowest BCUT2D eigenvalue weighted by Crippen LogP contribution is -2.15. The number of hydrogen-bond donors (Lipinski definition) is 0. The monoisotopic (exact) mass is 697 g/mol. The average Bonchev–Trinajstić information content (AvgIpc) is 3.85. The quantitative estimate of drug-likeness (QED) is 0.162. The number of nitrogens with zero attached hydrogens (tertiary/aromatic N) is 3. The first kappa shape index (κ1) is 31.9. The third-order valence-corrected chi connectivity index (χ3v) is 10.8. The minimum atomic E-state index is -0.164. The van der Waals surface area contributed by atoms with Gasteiger partial charge in [-0.15, -0.1) is 0 Å². The molecule has 0 atom stereocenters. The average molecular weight is 698 g/mol. The highest BCUT2D eigenvalue weighted by atomic mass is 16.3. The zero-order chi connectivity index (χ0) is 36.6. The van der Waals surface area contributed by atoms with Crippen LogP contribution in [-0.2, 0) is 5.41 Å². The zero-order valence-corrected chi connectivity index (χ0v) is 30.2. The second kappa shape index (κ2) is 12.1. The molecule has 1 aliphatic carbocycles. The number of furan rings is 2. The molecule has 0 bridgehead atoms. The van der Waals surface area contributed by atoms with Gasteiger partial charge in [-0.05, 0) is 76.7 Å². The van der Waals surface area contributed by atoms with E-state index in [0.717, 1.165) is 66.3 Å². The van der Waals surface area contributed by atoms with E-state index < -0.39 is 0 Å². The lowest BCUT2D eigenvalue weighted by atomic mass is 9.80. The van der Waals surface area contributed by atoms with Gasteiger partial charge in [-0.25, -0.2) is 15.0 Å². The van der Waals surface area contributed by atoms with E-state index in [0.29, 0.717) is 17.5 Å². The summed E-state index contributed by atoms with van der Waals surface area (Å²) in [6, 6.07) is 43.7. The first-order chi connectivity index (χ1) is 26.4. The third kappa shape index (κ3) is 4.89. The molecule has 0 saturated heterocycles. The summed E-state index contributed by atoms with van der Waals surface area (Å²) in [4.78, 5) is 15.3. The number of fused-ring (bicyclic) bond motifs is 10. The fourth-order valence-corrected chi connectivity index (χ4v) is 8.32. The fourth-order valence-electron chi connectivity index (χ4n) is 8.32. The van der Waals surface area contributed by atoms with Gasteiger partial charge in [0.15, 0.2) is 17.5 Å². The third-order valence-electron chi connectivity index (χ3n) is 10.8. The standard InChI is InChI=1S/C49H35N3O2/c1-5-14-32(27-29(2)31-23-25-40-37(28-31)44-42(54-40)26-24-34-33-17-9-11-20-38(33)49(3,4)45(34)44)47-50-46(30-15-7-6-8-16-30)51-48(52-47)36-19-13-22-41-43(36)35-18-10-12-21-39(35)53-41/h5-28H,1H2,2-4H3/b29-27+,32-14+. The Morgan fingerprint density at radius 2 is 1.30 bits per heavy atom. The molecule has 0 fully saturated rings. The lowest BCUT2D eigenvalue weighted by molar-refractivity contribution is 0.657. The molecule has 10 rings (SSSR count). The number of allylic oxidation sites excluding steroid dienone is 5. The van der Waals surface area contributed by atoms with E-state index in [4.69, 9.17) is 23.8 Å². The maximum Gasteiger partial charge on any atom is 0.164 e. The highest BCUT2D eigenvalue weighted by molar-refractivity contribution is 6.13. The van der Waals surface area contributed by atoms with Gasteiger partial charge in [-0.1, -0.05) is 130 Å². The molecule has 0 radical (unpaired) electrons. The summed E-state index contributed by atoms with van der Waals surface area (Å²) in [5.74, 6) is 1.71. The number of hydrogen-bond acceptors (Lipinski definition) is 5. The van der Waals surface area contributed by atoms with E-state index in [1.54, 1.807) is 6.08 Å². The molecule has 258 valence electrons. The van der Waals surface area contributed by atoms with Crippen LogP contribution < -0.4 is 0 Å². The molecular weight excluding hydrogens is 663 g/mol. The van der Waals surface area contributed by atoms with Crippen LogP contribution in [0.4, 0.5) is 0 Å². The van der Waals surface area contributed by atoms with Crippen molar-refractivity contribution >= 4 is 55.0 Å². The van der Waals surface area contributed by atoms with Crippen LogP contribution in [0, 0.1) is 0 Å². The molecule has 9 aromatic rings. The molecule has 5 heteroatoms. The molecule has 0 N–H and O–H groups in total. The van der Waals surface area contributed by atoms with E-state index in [1.807, 2.05) is 66.7 Å². The number of benzene rings is 6. The van der Waals surface area contributed by atoms with E-state index >= 15 is 0 Å². The van der Waals surface area contributed by atoms with Crippen LogP contribution >= 0.6 is 0 Å². The molecule has 3 aromatic heterocycles. The van der Waals surface area contributed by atoms with Crippen LogP contribution in [0.15, 0.2) is 161 Å². The first-order valence-electron chi connectivity index (χ1n) is 18.2. The Hall–Kier alpha value is -6.85. The minimum Gasteiger partial charge on any atom is -0.456 e. The number of aromatic nitrogens is 3. The van der Waals surface area contributed by atoms with Gasteiger partial charge in [0, 0.05) is 43.7 Å². The minimum absolute atomic E-state index is 0.164. The molecule has 3 heterocycles. The molecular formula is C49H35N3O2. The molecule has 6 aromatic carbocycles. The molecule has 0 amide bonds. The second-order valence-electron chi connectivity index (χ2n) is 14.5. The molecule has 54 heavy (non-hydrogen) atoms. The summed E-state index contributed by atoms with van der Waals surface area (Å²) in [6.07, 6.45) is 5.88. The topological polar surface area (TPSA) is 65.0 Å². The van der Waals surface area contributed by atoms with E-state index in [1.165, 1.54) is 27.6 Å². The Kier molecular flexibility index (Phi) is 7.14. The number of rotatable bonds is 6. The van der Waals surface area contributed by atoms with Crippen LogP contribution in [0.5, 0.6) is 0 Å². The van der Waals surface area contributed by atoms with Crippen molar-refractivity contribution in [2.45, 2.75) is 26.2 Å². The highest BCUT2D eigenvalue weighted by Crippen LogP contribution is 2.53. The smallest absolute Gasteiger partial charge is 0.164 e. The molecule has 1 aliphatic rings. The lowest BCUT2D eigenvalue weighted by Gasteiger charge is -2.22. The van der Waals surface area contributed by atoms with Gasteiger partial charge in [0.05, 0.1) is 0 Å². The van der Waals surface area contributed by atoms with Gasteiger partial charge in [-0.2, -0.15) is 0 Å². The van der Waals surface area contributed by atoms with Crippen molar-refractivity contribution in [3.8, 4) is 33.9 Å². The van der Waals surface area contributed by atoms with Crippen LogP contribution in [0.1, 0.15) is 43.3 Å². The summed E-state index contributed by atoms with van der Waals surface area (Å²) in [5, 5.41) is 4.28. The summed E-state index contributed by atoms with van der Waals surface area (Å²) in [6.45, 7) is 10.8. The van der Waals surface area contributed by atoms with Crippen LogP contribution in [0.2, 0.25) is 0 Å². The van der Waals surface area contributed by atoms with Crippen molar-refractivity contribution in [3.05, 3.63) is 175 Å². The van der Waals surface area contributed by atoms with Crippen LogP contribution in [0.25, 0.3) is 88.9 Å². The Labute approximate surface area is 312 Å². The Morgan fingerprint density at radius 3 is 2.15 bits per heavy atom. The van der Waals surface area contributed by atoms with Crippen molar-refractivity contribution in [1.82, 2.24) is 15.0 Å². The Balaban J connectivity index is 1.13. The largest absolute Gasteiger partial charge is 0.456 e. The zero-order valence-electron chi connectivity index (χ0n) is 30.2. The molecule has 0 saturated carbocycles. The summed E-state index contributed by atoms with van der Waals surface area (Å²) in [7, 11) is 0.